The van der Waals surface area contributed by atoms with E-state index in [0.717, 1.165) is 44.9 Å². The Bertz CT molecular complexity index is 1100. The summed E-state index contributed by atoms with van der Waals surface area (Å²) in [5.74, 6) is -0.259. The van der Waals surface area contributed by atoms with Crippen LogP contribution in [0.2, 0.25) is 0 Å². The van der Waals surface area contributed by atoms with Crippen LogP contribution in [0.5, 0.6) is 0 Å². The van der Waals surface area contributed by atoms with Gasteiger partial charge in [-0.2, -0.15) is 0 Å². The molecule has 0 bridgehead atoms. The summed E-state index contributed by atoms with van der Waals surface area (Å²) in [7, 11) is 0. The summed E-state index contributed by atoms with van der Waals surface area (Å²) in [5, 5.41) is 86.2. The monoisotopic (exact) mass is 816 g/mol. The zero-order chi connectivity index (χ0) is 41.8. The summed E-state index contributed by atoms with van der Waals surface area (Å²) in [6.07, 6.45) is 15.0. The number of hydrogen-bond acceptors (Lipinski definition) is 13. The predicted molar refractivity (Wildman–Crippen MR) is 217 cm³/mol. The number of ether oxygens (including phenoxy) is 4. The van der Waals surface area contributed by atoms with Gasteiger partial charge in [0.15, 0.2) is 12.6 Å². The quantitative estimate of drug-likeness (QED) is 0.0361. The summed E-state index contributed by atoms with van der Waals surface area (Å²) < 4.78 is 22.5. The van der Waals surface area contributed by atoms with E-state index in [1.807, 2.05) is 6.08 Å². The molecule has 1 amide bonds. The summed E-state index contributed by atoms with van der Waals surface area (Å²) in [5.41, 5.74) is 0. The van der Waals surface area contributed by atoms with E-state index < -0.39 is 86.8 Å². The van der Waals surface area contributed by atoms with Crippen LogP contribution in [0, 0.1) is 0 Å². The van der Waals surface area contributed by atoms with Gasteiger partial charge in [-0.15, -0.1) is 0 Å². The van der Waals surface area contributed by atoms with E-state index in [1.165, 1.54) is 57.8 Å². The average Bonchev–Trinajstić information content (AvgIpc) is 3.21. The molecule has 9 N–H and O–H groups in total. The van der Waals surface area contributed by atoms with Crippen molar-refractivity contribution < 1.29 is 64.6 Å². The van der Waals surface area contributed by atoms with Crippen molar-refractivity contribution in [1.29, 1.82) is 0 Å². The molecule has 332 valence electrons. The highest BCUT2D eigenvalue weighted by atomic mass is 16.7. The Morgan fingerprint density at radius 1 is 0.632 bits per heavy atom. The van der Waals surface area contributed by atoms with Gasteiger partial charge in [0.05, 0.1) is 32.0 Å². The molecule has 57 heavy (non-hydrogen) atoms. The van der Waals surface area contributed by atoms with E-state index in [-0.39, 0.29) is 18.9 Å². The fourth-order valence-electron chi connectivity index (χ4n) is 6.97. The highest BCUT2D eigenvalue weighted by Crippen LogP contribution is 2.30. The number of amides is 1. The molecule has 0 aromatic carbocycles. The van der Waals surface area contributed by atoms with E-state index >= 15 is 0 Å². The van der Waals surface area contributed by atoms with Gasteiger partial charge in [-0.25, -0.2) is 0 Å². The fourth-order valence-corrected chi connectivity index (χ4v) is 6.97. The zero-order valence-corrected chi connectivity index (χ0v) is 34.6. The molecule has 0 aliphatic carbocycles. The van der Waals surface area contributed by atoms with Crippen LogP contribution in [0.4, 0.5) is 0 Å². The number of carbonyl (C=O) groups excluding carboxylic acids is 1. The number of aliphatic hydroxyl groups is 8. The van der Waals surface area contributed by atoms with Gasteiger partial charge < -0.3 is 65.1 Å². The molecule has 0 spiro atoms. The molecule has 2 saturated heterocycles. The Labute approximate surface area is 341 Å². The maximum Gasteiger partial charge on any atom is 0.220 e. The molecule has 0 aromatic rings. The minimum atomic E-state index is -1.79. The van der Waals surface area contributed by atoms with Crippen molar-refractivity contribution in [2.75, 3.05) is 19.8 Å². The van der Waals surface area contributed by atoms with Crippen LogP contribution >= 0.6 is 0 Å². The molecule has 0 aromatic heterocycles. The number of hydrogen-bond donors (Lipinski definition) is 9. The van der Waals surface area contributed by atoms with Crippen molar-refractivity contribution in [2.45, 2.75) is 209 Å². The summed E-state index contributed by atoms with van der Waals surface area (Å²) in [6.45, 7) is 2.59. The lowest BCUT2D eigenvalue weighted by Crippen LogP contribution is -2.65. The Hall–Kier alpha value is -1.79. The van der Waals surface area contributed by atoms with E-state index in [2.05, 4.69) is 43.5 Å². The molecule has 14 nitrogen and oxygen atoms in total. The molecule has 2 aliphatic heterocycles. The van der Waals surface area contributed by atoms with Gasteiger partial charge in [0.25, 0.3) is 0 Å². The SMILES string of the molecule is CC/C=C/CC/C=C/CC/C=C/C(O)C(COC1OC(CO)C(OC2OC(CO)C(O)C(O)C2O)C(O)C1O)NC(=O)CCCCCCCCCCCCCCC. The first-order valence-corrected chi connectivity index (χ1v) is 21.7. The van der Waals surface area contributed by atoms with E-state index in [1.54, 1.807) is 6.08 Å². The normalized spacial score (nSPS) is 29.4. The topological polar surface area (TPSA) is 228 Å². The maximum atomic E-state index is 13.0. The number of allylic oxidation sites excluding steroid dienone is 5. The summed E-state index contributed by atoms with van der Waals surface area (Å²) in [6, 6.07) is -0.930. The van der Waals surface area contributed by atoms with Crippen LogP contribution in [0.1, 0.15) is 136 Å². The van der Waals surface area contributed by atoms with Gasteiger partial charge in [-0.3, -0.25) is 4.79 Å². The van der Waals surface area contributed by atoms with Crippen molar-refractivity contribution in [2.24, 2.45) is 0 Å². The third-order valence-corrected chi connectivity index (χ3v) is 10.6. The maximum absolute atomic E-state index is 13.0. The standard InChI is InChI=1S/C43H77NO13/c1-3-5-7-9-11-13-15-16-17-19-21-23-25-27-35(48)44-31(32(47)26-24-22-20-18-14-12-10-8-6-4-2)30-54-42-40(53)38(51)41(34(29-46)56-42)57-43-39(52)37(50)36(49)33(28-45)55-43/h6,8,14,18,24,26,31-34,36-43,45-47,49-53H,3-5,7,9-13,15-17,19-23,25,27-30H2,1-2H3,(H,44,48)/b8-6+,18-14+,26-24+. The number of aliphatic hydroxyl groups excluding tert-OH is 8. The van der Waals surface area contributed by atoms with E-state index in [9.17, 15) is 45.6 Å². The van der Waals surface area contributed by atoms with E-state index in [0.29, 0.717) is 12.8 Å². The average molecular weight is 816 g/mol. The Morgan fingerprint density at radius 2 is 1.14 bits per heavy atom. The molecule has 2 aliphatic rings. The fraction of sp³-hybridized carbons (Fsp3) is 0.837. The van der Waals surface area contributed by atoms with Crippen LogP contribution in [0.3, 0.4) is 0 Å². The first kappa shape index (κ1) is 51.4. The zero-order valence-electron chi connectivity index (χ0n) is 34.6. The highest BCUT2D eigenvalue weighted by Gasteiger charge is 2.50. The molecule has 2 fully saturated rings. The largest absolute Gasteiger partial charge is 0.394 e. The molecule has 0 radical (unpaired) electrons. The van der Waals surface area contributed by atoms with Gasteiger partial charge in [0, 0.05) is 6.42 Å². The molecule has 14 heteroatoms. The van der Waals surface area contributed by atoms with Crippen LogP contribution in [0.15, 0.2) is 36.5 Å². The minimum absolute atomic E-state index is 0.259. The minimum Gasteiger partial charge on any atom is -0.394 e. The molecular formula is C43H77NO13. The highest BCUT2D eigenvalue weighted by molar-refractivity contribution is 5.76. The Kier molecular flexibility index (Phi) is 28.1. The van der Waals surface area contributed by atoms with Crippen LogP contribution in [-0.2, 0) is 23.7 Å². The third kappa shape index (κ3) is 19.9. The lowest BCUT2D eigenvalue weighted by molar-refractivity contribution is -0.359. The lowest BCUT2D eigenvalue weighted by atomic mass is 9.97. The van der Waals surface area contributed by atoms with Crippen LogP contribution < -0.4 is 5.32 Å². The van der Waals surface area contributed by atoms with Gasteiger partial charge in [-0.05, 0) is 38.5 Å². The van der Waals surface area contributed by atoms with Gasteiger partial charge in [-0.1, -0.05) is 127 Å². The molecule has 0 saturated carbocycles. The van der Waals surface area contributed by atoms with Gasteiger partial charge in [0.2, 0.25) is 5.91 Å². The first-order chi connectivity index (χ1) is 27.6. The van der Waals surface area contributed by atoms with Crippen molar-refractivity contribution in [3.63, 3.8) is 0 Å². The first-order valence-electron chi connectivity index (χ1n) is 21.7. The molecular weight excluding hydrogens is 738 g/mol. The predicted octanol–water partition coefficient (Wildman–Crippen LogP) is 3.59. The van der Waals surface area contributed by atoms with Crippen molar-refractivity contribution in [1.82, 2.24) is 5.32 Å². The number of rotatable bonds is 31. The van der Waals surface area contributed by atoms with Crippen molar-refractivity contribution in [3.05, 3.63) is 36.5 Å². The summed E-state index contributed by atoms with van der Waals surface area (Å²) in [4.78, 5) is 13.0. The lowest BCUT2D eigenvalue weighted by Gasteiger charge is -2.46. The smallest absolute Gasteiger partial charge is 0.220 e. The number of nitrogens with one attached hydrogen (secondary N) is 1. The molecule has 12 unspecified atom stereocenters. The Balaban J connectivity index is 1.93. The van der Waals surface area contributed by atoms with Gasteiger partial charge >= 0.3 is 0 Å². The molecule has 12 atom stereocenters. The summed E-state index contributed by atoms with van der Waals surface area (Å²) >= 11 is 0. The second-order valence-corrected chi connectivity index (χ2v) is 15.4. The van der Waals surface area contributed by atoms with Crippen LogP contribution in [0.25, 0.3) is 0 Å². The number of unbranched alkanes of at least 4 members (excludes halogenated alkanes) is 14. The van der Waals surface area contributed by atoms with Gasteiger partial charge in [0.1, 0.15) is 48.8 Å². The third-order valence-electron chi connectivity index (χ3n) is 10.6. The second-order valence-electron chi connectivity index (χ2n) is 15.4. The van der Waals surface area contributed by atoms with E-state index in [4.69, 9.17) is 18.9 Å². The van der Waals surface area contributed by atoms with Crippen LogP contribution in [-0.4, -0.2) is 140 Å². The Morgan fingerprint density at radius 3 is 1.70 bits per heavy atom. The second kappa shape index (κ2) is 31.1. The number of carbonyl (C=O) groups is 1. The molecule has 2 rings (SSSR count). The van der Waals surface area contributed by atoms with Crippen molar-refractivity contribution >= 4 is 5.91 Å². The molecule has 2 heterocycles. The van der Waals surface area contributed by atoms with Crippen molar-refractivity contribution in [3.8, 4) is 0 Å².